The van der Waals surface area contributed by atoms with Gasteiger partial charge in [-0.25, -0.2) is 4.79 Å². The van der Waals surface area contributed by atoms with Crippen LogP contribution in [0.1, 0.15) is 56.3 Å². The first kappa shape index (κ1) is 19.2. The summed E-state index contributed by atoms with van der Waals surface area (Å²) in [6, 6.07) is 7.08. The van der Waals surface area contributed by atoms with Crippen molar-refractivity contribution in [2.24, 2.45) is 17.8 Å². The van der Waals surface area contributed by atoms with Gasteiger partial charge < -0.3 is 20.5 Å². The summed E-state index contributed by atoms with van der Waals surface area (Å²) in [4.78, 5) is 24.6. The maximum Gasteiger partial charge on any atom is 0.337 e. The molecule has 5 atom stereocenters. The van der Waals surface area contributed by atoms with E-state index in [4.69, 9.17) is 4.74 Å². The zero-order chi connectivity index (χ0) is 20.1. The molecule has 0 spiro atoms. The molecule has 1 amide bonds. The van der Waals surface area contributed by atoms with Crippen molar-refractivity contribution in [2.75, 3.05) is 12.4 Å². The summed E-state index contributed by atoms with van der Waals surface area (Å²) in [6.07, 6.45) is 4.80. The molecule has 0 heterocycles. The number of esters is 1. The average molecular weight is 386 g/mol. The smallest absolute Gasteiger partial charge is 0.337 e. The molecule has 6 heteroatoms. The minimum absolute atomic E-state index is 0.0333. The summed E-state index contributed by atoms with van der Waals surface area (Å²) in [5, 5.41) is 17.3. The van der Waals surface area contributed by atoms with Gasteiger partial charge in [0.15, 0.2) is 0 Å². The Morgan fingerprint density at radius 2 is 1.71 bits per heavy atom. The van der Waals surface area contributed by atoms with Gasteiger partial charge in [-0.2, -0.15) is 0 Å². The Morgan fingerprint density at radius 3 is 2.25 bits per heavy atom. The van der Waals surface area contributed by atoms with E-state index in [-0.39, 0.29) is 17.9 Å². The van der Waals surface area contributed by atoms with Crippen LogP contribution in [-0.2, 0) is 9.53 Å². The Morgan fingerprint density at radius 1 is 1.11 bits per heavy atom. The topological polar surface area (TPSA) is 87.7 Å². The van der Waals surface area contributed by atoms with Crippen molar-refractivity contribution in [1.82, 2.24) is 5.32 Å². The molecule has 28 heavy (non-hydrogen) atoms. The first-order chi connectivity index (χ1) is 13.2. The summed E-state index contributed by atoms with van der Waals surface area (Å²) < 4.78 is 4.71. The number of nitrogens with one attached hydrogen (secondary N) is 2. The van der Waals surface area contributed by atoms with Gasteiger partial charge >= 0.3 is 5.97 Å². The van der Waals surface area contributed by atoms with Crippen molar-refractivity contribution < 1.29 is 19.4 Å². The third kappa shape index (κ3) is 3.50. The zero-order valence-corrected chi connectivity index (χ0v) is 16.8. The second-order valence-corrected chi connectivity index (χ2v) is 9.51. The lowest BCUT2D eigenvalue weighted by Gasteiger charge is -2.58. The summed E-state index contributed by atoms with van der Waals surface area (Å²) in [6.45, 7) is 3.72. The number of hydrogen-bond acceptors (Lipinski definition) is 5. The predicted octanol–water partition coefficient (Wildman–Crippen LogP) is 2.72. The van der Waals surface area contributed by atoms with E-state index in [0.717, 1.165) is 37.8 Å². The normalized spacial score (nSPS) is 33.4. The van der Waals surface area contributed by atoms with Gasteiger partial charge in [0.1, 0.15) is 5.54 Å². The molecular formula is C22H30N2O4. The van der Waals surface area contributed by atoms with Gasteiger partial charge in [-0.05, 0) is 88.0 Å². The summed E-state index contributed by atoms with van der Waals surface area (Å²) in [5.74, 6) is 0.974. The highest BCUT2D eigenvalue weighted by atomic mass is 16.5. The maximum absolute atomic E-state index is 13.1. The molecule has 1 aromatic carbocycles. The molecule has 4 saturated carbocycles. The number of aliphatic hydroxyl groups is 1. The van der Waals surface area contributed by atoms with E-state index in [9.17, 15) is 14.7 Å². The largest absolute Gasteiger partial charge is 0.465 e. The van der Waals surface area contributed by atoms with Crippen molar-refractivity contribution in [1.29, 1.82) is 0 Å². The number of carbonyl (C=O) groups is 2. The number of rotatable bonds is 5. The van der Waals surface area contributed by atoms with Crippen molar-refractivity contribution in [2.45, 2.75) is 63.1 Å². The lowest BCUT2D eigenvalue weighted by Crippen LogP contribution is -2.63. The van der Waals surface area contributed by atoms with Crippen LogP contribution in [0, 0.1) is 17.8 Å². The Bertz CT molecular complexity index is 757. The molecular weight excluding hydrogens is 356 g/mol. The molecule has 0 radical (unpaired) electrons. The van der Waals surface area contributed by atoms with Gasteiger partial charge in [-0.3, -0.25) is 4.79 Å². The number of benzene rings is 1. The monoisotopic (exact) mass is 386 g/mol. The van der Waals surface area contributed by atoms with Crippen LogP contribution in [0.15, 0.2) is 24.3 Å². The number of ether oxygens (including phenoxy) is 1. The van der Waals surface area contributed by atoms with Crippen LogP contribution in [0.3, 0.4) is 0 Å². The highest BCUT2D eigenvalue weighted by Crippen LogP contribution is 2.55. The van der Waals surface area contributed by atoms with Crippen molar-refractivity contribution in [3.8, 4) is 0 Å². The number of methoxy groups -OCH3 is 1. The van der Waals surface area contributed by atoms with Crippen molar-refractivity contribution in [3.63, 3.8) is 0 Å². The van der Waals surface area contributed by atoms with Crippen LogP contribution in [-0.4, -0.2) is 41.3 Å². The Labute approximate surface area is 166 Å². The van der Waals surface area contributed by atoms with E-state index in [1.165, 1.54) is 7.11 Å². The van der Waals surface area contributed by atoms with Gasteiger partial charge in [0.05, 0.1) is 18.3 Å². The van der Waals surface area contributed by atoms with Crippen LogP contribution in [0.25, 0.3) is 0 Å². The maximum atomic E-state index is 13.1. The highest BCUT2D eigenvalue weighted by Gasteiger charge is 2.55. The fourth-order valence-corrected chi connectivity index (χ4v) is 5.77. The Kier molecular flexibility index (Phi) is 4.65. The quantitative estimate of drug-likeness (QED) is 0.677. The third-order valence-electron chi connectivity index (χ3n) is 6.87. The molecule has 1 unspecified atom stereocenters. The molecule has 0 saturated heterocycles. The number of carbonyl (C=O) groups excluding carboxylic acids is 2. The molecule has 3 N–H and O–H groups in total. The average Bonchev–Trinajstić information content (AvgIpc) is 2.62. The molecule has 4 fully saturated rings. The van der Waals surface area contributed by atoms with E-state index >= 15 is 0 Å². The van der Waals surface area contributed by atoms with Crippen LogP contribution in [0.4, 0.5) is 5.69 Å². The number of anilines is 1. The van der Waals surface area contributed by atoms with Crippen LogP contribution in [0.2, 0.25) is 0 Å². The van der Waals surface area contributed by atoms with Gasteiger partial charge in [-0.15, -0.1) is 0 Å². The Hall–Kier alpha value is -2.08. The molecule has 0 aliphatic heterocycles. The van der Waals surface area contributed by atoms with E-state index in [2.05, 4.69) is 10.6 Å². The van der Waals surface area contributed by atoms with Gasteiger partial charge in [-0.1, -0.05) is 0 Å². The fraction of sp³-hybridized carbons (Fsp3) is 0.636. The van der Waals surface area contributed by atoms with E-state index in [0.29, 0.717) is 23.3 Å². The molecule has 6 nitrogen and oxygen atoms in total. The minimum atomic E-state index is -0.793. The Balaban J connectivity index is 1.41. The lowest BCUT2D eigenvalue weighted by atomic mass is 9.52. The zero-order valence-electron chi connectivity index (χ0n) is 16.8. The second kappa shape index (κ2) is 6.76. The van der Waals surface area contributed by atoms with Crippen molar-refractivity contribution >= 4 is 17.6 Å². The van der Waals surface area contributed by atoms with Crippen LogP contribution >= 0.6 is 0 Å². The predicted molar refractivity (Wildman–Crippen MR) is 106 cm³/mol. The molecule has 0 aromatic heterocycles. The van der Waals surface area contributed by atoms with Crippen molar-refractivity contribution in [3.05, 3.63) is 29.8 Å². The van der Waals surface area contributed by atoms with E-state index in [1.807, 2.05) is 13.8 Å². The molecule has 4 aliphatic carbocycles. The first-order valence-corrected chi connectivity index (χ1v) is 10.2. The van der Waals surface area contributed by atoms with Crippen LogP contribution in [0.5, 0.6) is 0 Å². The number of hydrogen-bond donors (Lipinski definition) is 3. The molecule has 4 aliphatic rings. The first-order valence-electron chi connectivity index (χ1n) is 10.2. The van der Waals surface area contributed by atoms with E-state index < -0.39 is 11.1 Å². The number of amides is 1. The highest BCUT2D eigenvalue weighted by molar-refractivity contribution is 5.91. The molecule has 5 rings (SSSR count). The molecule has 4 bridgehead atoms. The standard InChI is InChI=1S/C22H30N2O4/c1-21(2,24-17-6-4-14(5-7-17)19(25)28-3)20(26)23-18-15-8-13-9-16(18)12-22(27,10-13)11-15/h4-7,13,15-16,18,24,27H,8-12H2,1-3H3,(H,23,26)/t13?,15-,16+,18+,22+. The lowest BCUT2D eigenvalue weighted by molar-refractivity contribution is -0.148. The third-order valence-corrected chi connectivity index (χ3v) is 6.87. The summed E-state index contributed by atoms with van der Waals surface area (Å²) >= 11 is 0. The van der Waals surface area contributed by atoms with Gasteiger partial charge in [0.2, 0.25) is 5.91 Å². The SMILES string of the molecule is COC(=O)c1ccc(NC(C)(C)C(=O)N[C@H]2[C@@H]3CC4C[C@H]2C[C@](O)(C4)C3)cc1. The van der Waals surface area contributed by atoms with Gasteiger partial charge in [0.25, 0.3) is 0 Å². The molecule has 152 valence electrons. The molecule has 1 aromatic rings. The fourth-order valence-electron chi connectivity index (χ4n) is 5.77. The van der Waals surface area contributed by atoms with E-state index in [1.54, 1.807) is 24.3 Å². The summed E-state index contributed by atoms with van der Waals surface area (Å²) in [5.41, 5.74) is -0.0420. The van der Waals surface area contributed by atoms with Crippen LogP contribution < -0.4 is 10.6 Å². The minimum Gasteiger partial charge on any atom is -0.465 e. The van der Waals surface area contributed by atoms with Gasteiger partial charge in [0, 0.05) is 11.7 Å². The summed E-state index contributed by atoms with van der Waals surface area (Å²) in [7, 11) is 1.35. The second-order valence-electron chi connectivity index (χ2n) is 9.51.